The van der Waals surface area contributed by atoms with E-state index < -0.39 is 0 Å². The van der Waals surface area contributed by atoms with Crippen LogP contribution in [0.4, 0.5) is 0 Å². The van der Waals surface area contributed by atoms with Crippen LogP contribution in [0.5, 0.6) is 5.75 Å². The van der Waals surface area contributed by atoms with Crippen molar-refractivity contribution in [2.24, 2.45) is 0 Å². The van der Waals surface area contributed by atoms with Crippen LogP contribution in [-0.4, -0.2) is 32.1 Å². The lowest BCUT2D eigenvalue weighted by molar-refractivity contribution is -0.918. The molecule has 2 aromatic carbocycles. The Morgan fingerprint density at radius 3 is 2.38 bits per heavy atom. The molecular formula is C22H29N2O2+. The molecule has 1 heterocycles. The number of nitrogens with one attached hydrogen (secondary N) is 2. The number of hydrogen-bond donors (Lipinski definition) is 2. The quantitative estimate of drug-likeness (QED) is 0.799. The van der Waals surface area contributed by atoms with Gasteiger partial charge in [0, 0.05) is 30.9 Å². The van der Waals surface area contributed by atoms with E-state index in [-0.39, 0.29) is 5.91 Å². The average Bonchev–Trinajstić information content (AvgIpc) is 2.69. The predicted molar refractivity (Wildman–Crippen MR) is 103 cm³/mol. The van der Waals surface area contributed by atoms with Gasteiger partial charge in [0.1, 0.15) is 12.3 Å². The molecule has 0 radical (unpaired) electrons. The number of likely N-dealkylation sites (tertiary alicyclic amines) is 1. The molecule has 0 bridgehead atoms. The Morgan fingerprint density at radius 1 is 1.04 bits per heavy atom. The van der Waals surface area contributed by atoms with E-state index in [1.54, 1.807) is 12.0 Å². The maximum absolute atomic E-state index is 12.2. The Balaban J connectivity index is 1.36. The first kappa shape index (κ1) is 18.5. The summed E-state index contributed by atoms with van der Waals surface area (Å²) in [6.07, 6.45) is 3.45. The van der Waals surface area contributed by atoms with Crippen molar-refractivity contribution in [3.05, 3.63) is 65.7 Å². The number of hydrogen-bond acceptors (Lipinski definition) is 2. The Morgan fingerprint density at radius 2 is 1.73 bits per heavy atom. The highest BCUT2D eigenvalue weighted by atomic mass is 16.5. The zero-order valence-electron chi connectivity index (χ0n) is 15.5. The Kier molecular flexibility index (Phi) is 6.67. The summed E-state index contributed by atoms with van der Waals surface area (Å²) in [6, 6.07) is 18.9. The summed E-state index contributed by atoms with van der Waals surface area (Å²) in [5.74, 6) is 1.01. The van der Waals surface area contributed by atoms with Crippen molar-refractivity contribution in [3.8, 4) is 5.75 Å². The molecule has 0 unspecified atom stereocenters. The molecule has 4 nitrogen and oxygen atoms in total. The van der Waals surface area contributed by atoms with E-state index in [0.717, 1.165) is 44.6 Å². The van der Waals surface area contributed by atoms with Gasteiger partial charge in [-0.1, -0.05) is 42.5 Å². The van der Waals surface area contributed by atoms with Crippen LogP contribution >= 0.6 is 0 Å². The molecule has 0 aromatic heterocycles. The maximum atomic E-state index is 12.2. The van der Waals surface area contributed by atoms with Gasteiger partial charge in [0.15, 0.2) is 0 Å². The van der Waals surface area contributed by atoms with Gasteiger partial charge in [-0.2, -0.15) is 0 Å². The van der Waals surface area contributed by atoms with Crippen LogP contribution in [0.25, 0.3) is 0 Å². The second-order valence-corrected chi connectivity index (χ2v) is 7.10. The van der Waals surface area contributed by atoms with E-state index in [1.165, 1.54) is 11.1 Å². The molecule has 26 heavy (non-hydrogen) atoms. The monoisotopic (exact) mass is 353 g/mol. The fourth-order valence-corrected chi connectivity index (χ4v) is 3.58. The smallest absolute Gasteiger partial charge is 0.220 e. The van der Waals surface area contributed by atoms with Crippen LogP contribution in [-0.2, 0) is 17.8 Å². The number of amides is 1. The number of piperidine rings is 1. The van der Waals surface area contributed by atoms with Crippen LogP contribution < -0.4 is 15.0 Å². The number of rotatable bonds is 7. The molecule has 0 aliphatic carbocycles. The van der Waals surface area contributed by atoms with Crippen molar-refractivity contribution in [1.82, 2.24) is 5.32 Å². The van der Waals surface area contributed by atoms with E-state index in [2.05, 4.69) is 35.6 Å². The van der Waals surface area contributed by atoms with Crippen LogP contribution in [0.2, 0.25) is 0 Å². The summed E-state index contributed by atoms with van der Waals surface area (Å²) in [6.45, 7) is 3.33. The molecule has 2 aromatic rings. The van der Waals surface area contributed by atoms with Crippen LogP contribution in [0.3, 0.4) is 0 Å². The maximum Gasteiger partial charge on any atom is 0.220 e. The molecular weight excluding hydrogens is 324 g/mol. The molecule has 1 amide bonds. The first-order valence-electron chi connectivity index (χ1n) is 9.53. The van der Waals surface area contributed by atoms with Crippen molar-refractivity contribution in [3.63, 3.8) is 0 Å². The largest absolute Gasteiger partial charge is 0.497 e. The van der Waals surface area contributed by atoms with Gasteiger partial charge in [-0.05, 0) is 24.1 Å². The zero-order chi connectivity index (χ0) is 18.2. The predicted octanol–water partition coefficient (Wildman–Crippen LogP) is 1.99. The summed E-state index contributed by atoms with van der Waals surface area (Å²) in [5.41, 5.74) is 2.56. The van der Waals surface area contributed by atoms with Crippen molar-refractivity contribution in [2.45, 2.75) is 38.3 Å². The number of benzene rings is 2. The fourth-order valence-electron chi connectivity index (χ4n) is 3.58. The highest BCUT2D eigenvalue weighted by Crippen LogP contribution is 2.12. The number of aryl methyl sites for hydroxylation is 1. The standard InChI is InChI=1S/C22H28N2O2/c1-26-21-10-7-18(8-11-21)9-12-22(25)23-20-13-15-24(16-14-20)17-19-5-3-2-4-6-19/h2-8,10-11,20H,9,12-17H2,1H3,(H,23,25)/p+1. The van der Waals surface area contributed by atoms with E-state index in [4.69, 9.17) is 4.74 Å². The average molecular weight is 353 g/mol. The molecule has 1 aliphatic rings. The van der Waals surface area contributed by atoms with Crippen molar-refractivity contribution >= 4 is 5.91 Å². The van der Waals surface area contributed by atoms with Crippen LogP contribution in [0.15, 0.2) is 54.6 Å². The number of carbonyl (C=O) groups is 1. The van der Waals surface area contributed by atoms with Gasteiger partial charge in [-0.3, -0.25) is 4.79 Å². The molecule has 0 spiro atoms. The highest BCUT2D eigenvalue weighted by molar-refractivity contribution is 5.76. The lowest BCUT2D eigenvalue weighted by Gasteiger charge is -2.29. The zero-order valence-corrected chi connectivity index (χ0v) is 15.5. The van der Waals surface area contributed by atoms with Crippen LogP contribution in [0, 0.1) is 0 Å². The SMILES string of the molecule is COc1ccc(CCC(=O)NC2CC[NH+](Cc3ccccc3)CC2)cc1. The molecule has 4 heteroatoms. The number of carbonyl (C=O) groups excluding carboxylic acids is 1. The fraction of sp³-hybridized carbons (Fsp3) is 0.409. The van der Waals surface area contributed by atoms with Gasteiger partial charge in [0.05, 0.1) is 20.2 Å². The second-order valence-electron chi connectivity index (χ2n) is 7.10. The van der Waals surface area contributed by atoms with Crippen LogP contribution in [0.1, 0.15) is 30.4 Å². The Labute approximate surface area is 156 Å². The van der Waals surface area contributed by atoms with Gasteiger partial charge in [0.25, 0.3) is 0 Å². The summed E-state index contributed by atoms with van der Waals surface area (Å²) < 4.78 is 5.16. The molecule has 0 atom stereocenters. The first-order chi connectivity index (χ1) is 12.7. The second kappa shape index (κ2) is 9.39. The van der Waals surface area contributed by atoms with Gasteiger partial charge >= 0.3 is 0 Å². The van der Waals surface area contributed by atoms with E-state index >= 15 is 0 Å². The third-order valence-electron chi connectivity index (χ3n) is 5.15. The normalized spacial score (nSPS) is 19.7. The van der Waals surface area contributed by atoms with E-state index in [0.29, 0.717) is 12.5 Å². The van der Waals surface area contributed by atoms with Gasteiger partial charge in [-0.25, -0.2) is 0 Å². The van der Waals surface area contributed by atoms with Gasteiger partial charge in [0.2, 0.25) is 5.91 Å². The molecule has 0 saturated carbocycles. The number of quaternary nitrogens is 1. The van der Waals surface area contributed by atoms with Gasteiger partial charge in [-0.15, -0.1) is 0 Å². The lowest BCUT2D eigenvalue weighted by Crippen LogP contribution is -3.12. The highest BCUT2D eigenvalue weighted by Gasteiger charge is 2.23. The third kappa shape index (κ3) is 5.60. The summed E-state index contributed by atoms with van der Waals surface area (Å²) in [5, 5.41) is 3.22. The van der Waals surface area contributed by atoms with Gasteiger partial charge < -0.3 is 15.0 Å². The minimum absolute atomic E-state index is 0.164. The molecule has 1 fully saturated rings. The Bertz CT molecular complexity index is 677. The number of ether oxygens (including phenoxy) is 1. The Hall–Kier alpha value is -2.33. The van der Waals surface area contributed by atoms with E-state index in [1.807, 2.05) is 24.3 Å². The van der Waals surface area contributed by atoms with E-state index in [9.17, 15) is 4.79 Å². The molecule has 138 valence electrons. The van der Waals surface area contributed by atoms with Crippen molar-refractivity contribution < 1.29 is 14.4 Å². The summed E-state index contributed by atoms with van der Waals surface area (Å²) in [4.78, 5) is 13.8. The minimum Gasteiger partial charge on any atom is -0.497 e. The third-order valence-corrected chi connectivity index (χ3v) is 5.15. The topological polar surface area (TPSA) is 42.8 Å². The molecule has 1 saturated heterocycles. The minimum atomic E-state index is 0.164. The molecule has 1 aliphatic heterocycles. The van der Waals surface area contributed by atoms with Crippen molar-refractivity contribution in [2.75, 3.05) is 20.2 Å². The molecule has 2 N–H and O–H groups in total. The first-order valence-corrected chi connectivity index (χ1v) is 9.53. The number of methoxy groups -OCH3 is 1. The molecule has 3 rings (SSSR count). The lowest BCUT2D eigenvalue weighted by atomic mass is 10.0. The summed E-state index contributed by atoms with van der Waals surface area (Å²) in [7, 11) is 1.66. The van der Waals surface area contributed by atoms with Crippen molar-refractivity contribution in [1.29, 1.82) is 0 Å². The summed E-state index contributed by atoms with van der Waals surface area (Å²) >= 11 is 0.